The molecule has 0 fully saturated rings. The third-order valence-corrected chi connectivity index (χ3v) is 9.82. The first-order valence-corrected chi connectivity index (χ1v) is 16.7. The number of halogens is 1. The summed E-state index contributed by atoms with van der Waals surface area (Å²) in [6.07, 6.45) is 2.44. The molecule has 0 spiro atoms. The van der Waals surface area contributed by atoms with Crippen LogP contribution < -0.4 is 14.2 Å². The van der Waals surface area contributed by atoms with Gasteiger partial charge in [-0.15, -0.1) is 0 Å². The molecule has 3 aliphatic rings. The molecular formula is C39H42BrNO5. The molecule has 0 bridgehead atoms. The molecule has 3 aromatic rings. The van der Waals surface area contributed by atoms with Crippen molar-refractivity contribution in [3.63, 3.8) is 0 Å². The summed E-state index contributed by atoms with van der Waals surface area (Å²) in [5.74, 6) is 1.66. The van der Waals surface area contributed by atoms with Gasteiger partial charge in [0.2, 0.25) is 0 Å². The number of hydrogen-bond acceptors (Lipinski definition) is 6. The Hall–Kier alpha value is -3.84. The maximum Gasteiger partial charge on any atom is 0.162 e. The lowest BCUT2D eigenvalue weighted by atomic mass is 9.63. The quantitative estimate of drug-likeness (QED) is 0.236. The van der Waals surface area contributed by atoms with E-state index in [0.717, 1.165) is 56.5 Å². The van der Waals surface area contributed by atoms with Crippen LogP contribution in [0.3, 0.4) is 0 Å². The van der Waals surface area contributed by atoms with Crippen molar-refractivity contribution in [2.75, 3.05) is 14.2 Å². The lowest BCUT2D eigenvalue weighted by Gasteiger charge is -2.48. The van der Waals surface area contributed by atoms with Crippen LogP contribution in [0.2, 0.25) is 0 Å². The highest BCUT2D eigenvalue weighted by Gasteiger charge is 2.48. The van der Waals surface area contributed by atoms with Gasteiger partial charge in [0.25, 0.3) is 0 Å². The lowest BCUT2D eigenvalue weighted by Crippen LogP contribution is -2.43. The van der Waals surface area contributed by atoms with E-state index in [4.69, 9.17) is 14.2 Å². The summed E-state index contributed by atoms with van der Waals surface area (Å²) in [5.41, 5.74) is 6.02. The molecule has 1 heterocycles. The van der Waals surface area contributed by atoms with Gasteiger partial charge in [-0.05, 0) is 65.1 Å². The Labute approximate surface area is 280 Å². The summed E-state index contributed by atoms with van der Waals surface area (Å²) >= 11 is 3.67. The highest BCUT2D eigenvalue weighted by molar-refractivity contribution is 9.10. The highest BCUT2D eigenvalue weighted by atomic mass is 79.9. The number of rotatable bonds is 8. The largest absolute Gasteiger partial charge is 0.493 e. The number of carbonyl (C=O) groups is 2. The minimum Gasteiger partial charge on any atom is -0.493 e. The number of ketones is 2. The zero-order valence-electron chi connectivity index (χ0n) is 27.5. The van der Waals surface area contributed by atoms with E-state index in [-0.39, 0.29) is 29.0 Å². The average molecular weight is 685 g/mol. The Morgan fingerprint density at radius 3 is 1.89 bits per heavy atom. The second-order valence-corrected chi connectivity index (χ2v) is 15.2. The minimum atomic E-state index is -0.482. The Morgan fingerprint density at radius 2 is 1.28 bits per heavy atom. The molecule has 3 aromatic carbocycles. The van der Waals surface area contributed by atoms with E-state index < -0.39 is 5.92 Å². The SMILES string of the molecule is COc1cc(COc2ccc(Br)cc2C2C3=C(CC(C)(C)CC3=O)N(C)C3=C2C(=O)CC(C)(C)C3)ccc1OCc1ccccc1. The summed E-state index contributed by atoms with van der Waals surface area (Å²) in [6.45, 7) is 9.31. The summed E-state index contributed by atoms with van der Waals surface area (Å²) in [4.78, 5) is 30.2. The number of benzene rings is 3. The van der Waals surface area contributed by atoms with E-state index in [2.05, 4.69) is 48.5 Å². The molecule has 6 rings (SSSR count). The van der Waals surface area contributed by atoms with Gasteiger partial charge in [-0.3, -0.25) is 9.59 Å². The molecule has 0 unspecified atom stereocenters. The zero-order chi connectivity index (χ0) is 32.8. The number of ether oxygens (including phenoxy) is 3. The summed E-state index contributed by atoms with van der Waals surface area (Å²) in [6, 6.07) is 21.7. The number of hydrogen-bond donors (Lipinski definition) is 0. The highest BCUT2D eigenvalue weighted by Crippen LogP contribution is 2.55. The van der Waals surface area contributed by atoms with Crippen LogP contribution in [0, 0.1) is 10.8 Å². The van der Waals surface area contributed by atoms with E-state index in [1.54, 1.807) is 7.11 Å². The molecule has 240 valence electrons. The molecule has 6 nitrogen and oxygen atoms in total. The van der Waals surface area contributed by atoms with Crippen molar-refractivity contribution in [2.24, 2.45) is 10.8 Å². The molecule has 0 N–H and O–H groups in total. The molecule has 2 aliphatic carbocycles. The van der Waals surface area contributed by atoms with Crippen LogP contribution in [0.25, 0.3) is 0 Å². The van der Waals surface area contributed by atoms with Gasteiger partial charge < -0.3 is 19.1 Å². The van der Waals surface area contributed by atoms with Crippen LogP contribution in [-0.4, -0.2) is 30.6 Å². The van der Waals surface area contributed by atoms with Gasteiger partial charge >= 0.3 is 0 Å². The number of nitrogens with zero attached hydrogens (tertiary/aromatic N) is 1. The van der Waals surface area contributed by atoms with E-state index >= 15 is 0 Å². The van der Waals surface area contributed by atoms with Crippen molar-refractivity contribution in [3.8, 4) is 17.2 Å². The van der Waals surface area contributed by atoms with Crippen LogP contribution in [0.4, 0.5) is 0 Å². The minimum absolute atomic E-state index is 0.106. The van der Waals surface area contributed by atoms with E-state index in [0.29, 0.717) is 36.7 Å². The maximum atomic E-state index is 14.0. The van der Waals surface area contributed by atoms with Crippen molar-refractivity contribution >= 4 is 27.5 Å². The molecule has 0 atom stereocenters. The summed E-state index contributed by atoms with van der Waals surface area (Å²) in [5, 5.41) is 0. The Kier molecular flexibility index (Phi) is 8.66. The number of methoxy groups -OCH3 is 1. The molecule has 46 heavy (non-hydrogen) atoms. The Bertz CT molecular complexity index is 1700. The van der Waals surface area contributed by atoms with Gasteiger partial charge in [0.15, 0.2) is 23.1 Å². The van der Waals surface area contributed by atoms with Gasteiger partial charge in [0.05, 0.1) is 7.11 Å². The third-order valence-electron chi connectivity index (χ3n) is 9.32. The van der Waals surface area contributed by atoms with E-state index in [1.807, 2.05) is 73.8 Å². The molecule has 0 radical (unpaired) electrons. The van der Waals surface area contributed by atoms with Crippen LogP contribution >= 0.6 is 15.9 Å². The van der Waals surface area contributed by atoms with Gasteiger partial charge in [-0.1, -0.05) is 80.0 Å². The first-order chi connectivity index (χ1) is 21.9. The fraction of sp³-hybridized carbons (Fsp3) is 0.385. The average Bonchev–Trinajstić information content (AvgIpc) is 3.00. The molecule has 0 saturated heterocycles. The molecule has 1 aliphatic heterocycles. The molecule has 0 aromatic heterocycles. The standard InChI is InChI=1S/C39H42BrNO5/c1-38(2)18-28-36(30(42)20-38)35(37-29(41(28)5)19-39(3,4)21-31(37)43)27-17-26(40)13-15-32(27)45-23-25-12-14-33(34(16-25)44-6)46-22-24-10-8-7-9-11-24/h7-17,35H,18-23H2,1-6H3. The first kappa shape index (κ1) is 32.1. The smallest absolute Gasteiger partial charge is 0.162 e. The first-order valence-electron chi connectivity index (χ1n) is 15.9. The van der Waals surface area contributed by atoms with Crippen LogP contribution in [-0.2, 0) is 22.8 Å². The predicted octanol–water partition coefficient (Wildman–Crippen LogP) is 8.93. The predicted molar refractivity (Wildman–Crippen MR) is 183 cm³/mol. The Balaban J connectivity index is 1.35. The molecule has 0 amide bonds. The van der Waals surface area contributed by atoms with Crippen molar-refractivity contribution in [2.45, 2.75) is 72.5 Å². The second-order valence-electron chi connectivity index (χ2n) is 14.3. The number of allylic oxidation sites excluding steroid dienone is 4. The summed E-state index contributed by atoms with van der Waals surface area (Å²) in [7, 11) is 3.66. The zero-order valence-corrected chi connectivity index (χ0v) is 29.1. The molecular weight excluding hydrogens is 642 g/mol. The molecule has 7 heteroatoms. The van der Waals surface area contributed by atoms with Crippen LogP contribution in [0.5, 0.6) is 17.2 Å². The van der Waals surface area contributed by atoms with Crippen molar-refractivity contribution in [3.05, 3.63) is 110 Å². The van der Waals surface area contributed by atoms with E-state index in [1.165, 1.54) is 0 Å². The lowest BCUT2D eigenvalue weighted by molar-refractivity contribution is -0.119. The van der Waals surface area contributed by atoms with Gasteiger partial charge in [0.1, 0.15) is 19.0 Å². The number of carbonyl (C=O) groups excluding carboxylic acids is 2. The molecule has 0 saturated carbocycles. The van der Waals surface area contributed by atoms with Crippen molar-refractivity contribution in [1.82, 2.24) is 4.90 Å². The Morgan fingerprint density at radius 1 is 0.717 bits per heavy atom. The van der Waals surface area contributed by atoms with Gasteiger partial charge in [-0.2, -0.15) is 0 Å². The fourth-order valence-electron chi connectivity index (χ4n) is 7.17. The topological polar surface area (TPSA) is 65.1 Å². The van der Waals surface area contributed by atoms with Crippen molar-refractivity contribution < 1.29 is 23.8 Å². The van der Waals surface area contributed by atoms with Crippen molar-refractivity contribution in [1.29, 1.82) is 0 Å². The second kappa shape index (κ2) is 12.4. The normalized spacial score (nSPS) is 19.2. The monoisotopic (exact) mass is 683 g/mol. The summed E-state index contributed by atoms with van der Waals surface area (Å²) < 4.78 is 19.1. The third kappa shape index (κ3) is 6.39. The maximum absolute atomic E-state index is 14.0. The van der Waals surface area contributed by atoms with Gasteiger partial charge in [-0.25, -0.2) is 0 Å². The fourth-order valence-corrected chi connectivity index (χ4v) is 7.55. The van der Waals surface area contributed by atoms with Gasteiger partial charge in [0, 0.05) is 58.4 Å². The van der Waals surface area contributed by atoms with Crippen LogP contribution in [0.1, 0.15) is 76.0 Å². The van der Waals surface area contributed by atoms with Crippen LogP contribution in [0.15, 0.2) is 93.7 Å². The van der Waals surface area contributed by atoms with E-state index in [9.17, 15) is 9.59 Å². The number of Topliss-reactive ketones (excluding diaryl/α,β-unsaturated/α-hetero) is 2.